The van der Waals surface area contributed by atoms with Crippen LogP contribution in [0.2, 0.25) is 0 Å². The fraction of sp³-hybridized carbons (Fsp3) is 0.192. The lowest BCUT2D eigenvalue weighted by Gasteiger charge is -2.21. The van der Waals surface area contributed by atoms with Crippen LogP contribution in [-0.4, -0.2) is 19.2 Å². The Morgan fingerprint density at radius 1 is 1.03 bits per heavy atom. The van der Waals surface area contributed by atoms with Gasteiger partial charge in [-0.1, -0.05) is 28.1 Å². The quantitative estimate of drug-likeness (QED) is 0.385. The predicted octanol–water partition coefficient (Wildman–Crippen LogP) is 5.91. The van der Waals surface area contributed by atoms with Crippen LogP contribution in [0.25, 0.3) is 6.08 Å². The van der Waals surface area contributed by atoms with Gasteiger partial charge in [0.25, 0.3) is 0 Å². The van der Waals surface area contributed by atoms with Gasteiger partial charge in [-0.25, -0.2) is 0 Å². The third kappa shape index (κ3) is 4.60. The first-order valence-electron chi connectivity index (χ1n) is 10.6. The Kier molecular flexibility index (Phi) is 6.07. The van der Waals surface area contributed by atoms with Gasteiger partial charge in [0.1, 0.15) is 29.6 Å². The maximum atomic E-state index is 12.8. The molecular formula is C26H21BrO6. The van der Waals surface area contributed by atoms with Gasteiger partial charge >= 0.3 is 0 Å². The summed E-state index contributed by atoms with van der Waals surface area (Å²) in [5.74, 6) is 2.78. The van der Waals surface area contributed by atoms with E-state index in [4.69, 9.17) is 23.7 Å². The molecule has 33 heavy (non-hydrogen) atoms. The van der Waals surface area contributed by atoms with Gasteiger partial charge in [-0.2, -0.15) is 0 Å². The van der Waals surface area contributed by atoms with Crippen LogP contribution in [0.1, 0.15) is 34.0 Å². The number of allylic oxidation sites excluding steroid dienone is 1. The number of halogens is 1. The maximum absolute atomic E-state index is 12.8. The van der Waals surface area contributed by atoms with Gasteiger partial charge in [-0.05, 0) is 55.0 Å². The molecule has 0 aliphatic carbocycles. The van der Waals surface area contributed by atoms with E-state index in [0.29, 0.717) is 36.9 Å². The van der Waals surface area contributed by atoms with Crippen molar-refractivity contribution < 1.29 is 28.5 Å². The second-order valence-electron chi connectivity index (χ2n) is 7.55. The van der Waals surface area contributed by atoms with E-state index >= 15 is 0 Å². The Morgan fingerprint density at radius 3 is 2.67 bits per heavy atom. The van der Waals surface area contributed by atoms with Gasteiger partial charge < -0.3 is 23.7 Å². The molecule has 2 aliphatic rings. The number of carbonyl (C=O) groups is 1. The van der Waals surface area contributed by atoms with Crippen LogP contribution >= 0.6 is 15.9 Å². The lowest BCUT2D eigenvalue weighted by molar-refractivity contribution is -0.0176. The van der Waals surface area contributed by atoms with Crippen molar-refractivity contribution >= 4 is 27.8 Å². The molecule has 0 amide bonds. The Hall–Kier alpha value is -3.29. The molecule has 0 aromatic heterocycles. The number of Topliss-reactive ketones (excluding diaryl/α,β-unsaturated/α-hetero) is 1. The van der Waals surface area contributed by atoms with Crippen molar-refractivity contribution in [2.24, 2.45) is 0 Å². The van der Waals surface area contributed by atoms with Gasteiger partial charge in [0.15, 0.2) is 12.6 Å². The molecular weight excluding hydrogens is 488 g/mol. The van der Waals surface area contributed by atoms with E-state index in [1.54, 1.807) is 24.3 Å². The SMILES string of the molecule is CCOc1ccc(/C=C2\Oc3cc(OCc4cc(Br)cc5c4OCOC5)ccc3C2=O)cc1. The topological polar surface area (TPSA) is 63.2 Å². The molecule has 0 N–H and O–H groups in total. The van der Waals surface area contributed by atoms with Gasteiger partial charge in [0, 0.05) is 21.7 Å². The molecule has 2 aliphatic heterocycles. The summed E-state index contributed by atoms with van der Waals surface area (Å²) in [7, 11) is 0. The minimum absolute atomic E-state index is 0.153. The second kappa shape index (κ2) is 9.29. The summed E-state index contributed by atoms with van der Waals surface area (Å²) in [6.45, 7) is 3.57. The monoisotopic (exact) mass is 508 g/mol. The van der Waals surface area contributed by atoms with E-state index in [1.807, 2.05) is 43.3 Å². The Bertz CT molecular complexity index is 1230. The average Bonchev–Trinajstić information content (AvgIpc) is 3.13. The van der Waals surface area contributed by atoms with Crippen LogP contribution < -0.4 is 18.9 Å². The number of benzene rings is 3. The predicted molar refractivity (Wildman–Crippen MR) is 126 cm³/mol. The summed E-state index contributed by atoms with van der Waals surface area (Å²) in [4.78, 5) is 12.8. The molecule has 0 atom stereocenters. The van der Waals surface area contributed by atoms with Crippen molar-refractivity contribution in [3.8, 4) is 23.0 Å². The highest BCUT2D eigenvalue weighted by Crippen LogP contribution is 2.36. The third-order valence-corrected chi connectivity index (χ3v) is 5.73. The molecule has 0 fully saturated rings. The van der Waals surface area contributed by atoms with Crippen molar-refractivity contribution in [1.82, 2.24) is 0 Å². The zero-order valence-corrected chi connectivity index (χ0v) is 19.5. The Balaban J connectivity index is 1.31. The highest BCUT2D eigenvalue weighted by atomic mass is 79.9. The van der Waals surface area contributed by atoms with Crippen molar-refractivity contribution in [2.75, 3.05) is 13.4 Å². The van der Waals surface area contributed by atoms with Crippen LogP contribution in [0.5, 0.6) is 23.0 Å². The zero-order valence-electron chi connectivity index (χ0n) is 17.9. The van der Waals surface area contributed by atoms with Gasteiger partial charge in [-0.15, -0.1) is 0 Å². The molecule has 6 nitrogen and oxygen atoms in total. The minimum Gasteiger partial charge on any atom is -0.494 e. The molecule has 0 spiro atoms. The first-order chi connectivity index (χ1) is 16.1. The molecule has 168 valence electrons. The average molecular weight is 509 g/mol. The number of ketones is 1. The van der Waals surface area contributed by atoms with Crippen molar-refractivity contribution in [1.29, 1.82) is 0 Å². The maximum Gasteiger partial charge on any atom is 0.231 e. The molecule has 3 aromatic carbocycles. The fourth-order valence-corrected chi connectivity index (χ4v) is 4.31. The van der Waals surface area contributed by atoms with E-state index in [2.05, 4.69) is 15.9 Å². The molecule has 3 aromatic rings. The van der Waals surface area contributed by atoms with E-state index in [-0.39, 0.29) is 18.3 Å². The van der Waals surface area contributed by atoms with Crippen LogP contribution in [0.4, 0.5) is 0 Å². The second-order valence-corrected chi connectivity index (χ2v) is 8.47. The lowest BCUT2D eigenvalue weighted by Crippen LogP contribution is -2.14. The molecule has 0 bridgehead atoms. The van der Waals surface area contributed by atoms with E-state index in [0.717, 1.165) is 32.7 Å². The highest BCUT2D eigenvalue weighted by Gasteiger charge is 2.28. The highest BCUT2D eigenvalue weighted by molar-refractivity contribution is 9.10. The first-order valence-corrected chi connectivity index (χ1v) is 11.4. The minimum atomic E-state index is -0.153. The first kappa shape index (κ1) is 21.6. The van der Waals surface area contributed by atoms with Crippen molar-refractivity contribution in [3.63, 3.8) is 0 Å². The number of hydrogen-bond acceptors (Lipinski definition) is 6. The number of hydrogen-bond donors (Lipinski definition) is 0. The summed E-state index contributed by atoms with van der Waals surface area (Å²) >= 11 is 3.52. The number of carbonyl (C=O) groups excluding carboxylic acids is 1. The van der Waals surface area contributed by atoms with Gasteiger partial charge in [0.2, 0.25) is 5.78 Å². The van der Waals surface area contributed by atoms with Crippen molar-refractivity contribution in [3.05, 3.63) is 87.1 Å². The third-order valence-electron chi connectivity index (χ3n) is 5.28. The van der Waals surface area contributed by atoms with Gasteiger partial charge in [0.05, 0.1) is 18.8 Å². The molecule has 0 unspecified atom stereocenters. The number of ether oxygens (including phenoxy) is 5. The van der Waals surface area contributed by atoms with Crippen molar-refractivity contribution in [2.45, 2.75) is 20.1 Å². The molecule has 7 heteroatoms. The lowest BCUT2D eigenvalue weighted by atomic mass is 10.1. The summed E-state index contributed by atoms with van der Waals surface area (Å²) in [5.41, 5.74) is 3.26. The van der Waals surface area contributed by atoms with Crippen LogP contribution in [-0.2, 0) is 18.0 Å². The number of fused-ring (bicyclic) bond motifs is 2. The molecule has 2 heterocycles. The molecule has 5 rings (SSSR count). The molecule has 0 radical (unpaired) electrons. The largest absolute Gasteiger partial charge is 0.494 e. The van der Waals surface area contributed by atoms with Crippen LogP contribution in [0, 0.1) is 0 Å². The molecule has 0 saturated heterocycles. The van der Waals surface area contributed by atoms with Crippen LogP contribution in [0.15, 0.2) is 64.8 Å². The summed E-state index contributed by atoms with van der Waals surface area (Å²) in [6, 6.07) is 16.7. The summed E-state index contributed by atoms with van der Waals surface area (Å²) in [6.07, 6.45) is 1.73. The van der Waals surface area contributed by atoms with Gasteiger partial charge in [-0.3, -0.25) is 4.79 Å². The van der Waals surface area contributed by atoms with E-state index in [1.165, 1.54) is 0 Å². The Morgan fingerprint density at radius 2 is 1.85 bits per heavy atom. The Labute approximate surface area is 199 Å². The summed E-state index contributed by atoms with van der Waals surface area (Å²) < 4.78 is 29.3. The number of rotatable bonds is 6. The standard InChI is InChI=1S/C26H21BrO6/c1-2-30-20-5-3-16(4-6-20)9-24-25(28)22-8-7-21(12-23(22)33-24)31-14-18-11-19(27)10-17-13-29-15-32-26(17)18/h3-12H,2,13-15H2,1H3/b24-9-. The fourth-order valence-electron chi connectivity index (χ4n) is 3.76. The van der Waals surface area contributed by atoms with Crippen LogP contribution in [0.3, 0.4) is 0 Å². The molecule has 0 saturated carbocycles. The normalized spacial score (nSPS) is 15.5. The van der Waals surface area contributed by atoms with E-state index < -0.39 is 0 Å². The van der Waals surface area contributed by atoms with E-state index in [9.17, 15) is 4.79 Å². The zero-order chi connectivity index (χ0) is 22.8. The smallest absolute Gasteiger partial charge is 0.231 e. The summed E-state index contributed by atoms with van der Waals surface area (Å²) in [5, 5.41) is 0.